The molecule has 2 aliphatic heterocycles. The van der Waals surface area contributed by atoms with Crippen LogP contribution in [0.15, 0.2) is 58.1 Å². The third-order valence-corrected chi connectivity index (χ3v) is 11.4. The molecule has 3 aromatic heterocycles. The minimum Gasteiger partial charge on any atom is -0.481 e. The molecular formula is C40H41Cl2N7NiO5. The van der Waals surface area contributed by atoms with Crippen LogP contribution in [-0.4, -0.2) is 87.5 Å². The van der Waals surface area contributed by atoms with Crippen LogP contribution in [0.1, 0.15) is 35.7 Å². The van der Waals surface area contributed by atoms with Crippen LogP contribution < -0.4 is 21.3 Å². The Morgan fingerprint density at radius 3 is 2.53 bits per heavy atom. The molecule has 1 N–H and O–H groups in total. The summed E-state index contributed by atoms with van der Waals surface area (Å²) in [4.78, 5) is 49.1. The molecule has 0 saturated carbocycles. The Labute approximate surface area is 339 Å². The molecule has 12 nitrogen and oxygen atoms in total. The molecule has 1 spiro atoms. The molecule has 0 bridgehead atoms. The molecule has 5 aromatic rings. The molecule has 1 aliphatic carbocycles. The van der Waals surface area contributed by atoms with Gasteiger partial charge in [0.1, 0.15) is 0 Å². The van der Waals surface area contributed by atoms with E-state index >= 15 is 0 Å². The molecule has 290 valence electrons. The number of halogens is 2. The Bertz CT molecular complexity index is 2390. The van der Waals surface area contributed by atoms with E-state index in [9.17, 15) is 14.4 Å². The number of benzene rings is 2. The summed E-state index contributed by atoms with van der Waals surface area (Å²) < 4.78 is 13.5. The first kappa shape index (κ1) is 40.4. The van der Waals surface area contributed by atoms with Gasteiger partial charge >= 0.3 is 28.2 Å². The van der Waals surface area contributed by atoms with Crippen molar-refractivity contribution in [2.45, 2.75) is 37.8 Å². The van der Waals surface area contributed by atoms with E-state index in [0.29, 0.717) is 46.5 Å². The maximum absolute atomic E-state index is 12.6. The Morgan fingerprint density at radius 2 is 1.78 bits per heavy atom. The first-order valence-corrected chi connectivity index (χ1v) is 18.5. The van der Waals surface area contributed by atoms with Crippen molar-refractivity contribution in [2.75, 3.05) is 47.0 Å². The molecule has 2 atom stereocenters. The summed E-state index contributed by atoms with van der Waals surface area (Å²) >= 11 is 13.4. The van der Waals surface area contributed by atoms with Gasteiger partial charge in [-0.05, 0) is 53.7 Å². The molecule has 2 amide bonds. The minimum absolute atomic E-state index is 0. The number of rotatable bonds is 7. The van der Waals surface area contributed by atoms with Crippen molar-refractivity contribution >= 4 is 40.1 Å². The first-order chi connectivity index (χ1) is 25.9. The quantitative estimate of drug-likeness (QED) is 0.172. The van der Waals surface area contributed by atoms with Gasteiger partial charge in [-0.25, -0.2) is 14.6 Å². The molecule has 2 aromatic carbocycles. The molecule has 8 rings (SSSR count). The molecule has 3 aliphatic rings. The molecule has 0 unspecified atom stereocenters. The van der Waals surface area contributed by atoms with Crippen LogP contribution in [0.4, 0.5) is 4.79 Å². The summed E-state index contributed by atoms with van der Waals surface area (Å²) in [5, 5.41) is 4.74. The monoisotopic (exact) mass is 827 g/mol. The van der Waals surface area contributed by atoms with Gasteiger partial charge in [0, 0.05) is 69.6 Å². The number of likely N-dealkylation sites (tertiary alicyclic amines) is 1. The van der Waals surface area contributed by atoms with Crippen LogP contribution >= 0.6 is 23.2 Å². The Kier molecular flexibility index (Phi) is 12.1. The second kappa shape index (κ2) is 16.5. The van der Waals surface area contributed by atoms with Crippen molar-refractivity contribution in [3.05, 3.63) is 108 Å². The fourth-order valence-corrected chi connectivity index (χ4v) is 8.43. The second-order valence-electron chi connectivity index (χ2n) is 14.0. The van der Waals surface area contributed by atoms with Crippen molar-refractivity contribution < 1.29 is 30.8 Å². The van der Waals surface area contributed by atoms with Crippen molar-refractivity contribution in [3.8, 4) is 28.3 Å². The van der Waals surface area contributed by atoms with Crippen molar-refractivity contribution in [2.24, 2.45) is 14.1 Å². The molecule has 2 saturated heterocycles. The van der Waals surface area contributed by atoms with E-state index in [2.05, 4.69) is 33.5 Å². The average molecular weight is 829 g/mol. The maximum atomic E-state index is 12.6. The van der Waals surface area contributed by atoms with Crippen LogP contribution in [0.25, 0.3) is 33.3 Å². The summed E-state index contributed by atoms with van der Waals surface area (Å²) in [5.74, 6) is 0.635. The molecule has 2 fully saturated rings. The van der Waals surface area contributed by atoms with Gasteiger partial charge in [-0.1, -0.05) is 47.3 Å². The molecule has 5 heterocycles. The van der Waals surface area contributed by atoms with Crippen LogP contribution in [0.3, 0.4) is 0 Å². The zero-order valence-electron chi connectivity index (χ0n) is 31.1. The van der Waals surface area contributed by atoms with Crippen molar-refractivity contribution in [3.63, 3.8) is 0 Å². The molecule has 55 heavy (non-hydrogen) atoms. The fraction of sp³-hybridized carbons (Fsp3) is 0.375. The Morgan fingerprint density at radius 1 is 1.02 bits per heavy atom. The van der Waals surface area contributed by atoms with Crippen molar-refractivity contribution in [1.82, 2.24) is 34.2 Å². The minimum atomic E-state index is -0.361. The number of hydrogen-bond donors (Lipinski definition) is 1. The maximum Gasteiger partial charge on any atom is 2.00 e. The molecular weight excluding hydrogens is 788 g/mol. The summed E-state index contributed by atoms with van der Waals surface area (Å²) in [7, 11) is 6.40. The number of ether oxygens (including phenoxy) is 2. The molecule has 15 heteroatoms. The largest absolute Gasteiger partial charge is 2.00 e. The van der Waals surface area contributed by atoms with Gasteiger partial charge in [0.2, 0.25) is 5.88 Å². The summed E-state index contributed by atoms with van der Waals surface area (Å²) in [6.07, 6.45) is 5.49. The third-order valence-electron chi connectivity index (χ3n) is 10.6. The van der Waals surface area contributed by atoms with Gasteiger partial charge in [0.15, 0.2) is 5.56 Å². The van der Waals surface area contributed by atoms with E-state index in [1.165, 1.54) is 17.2 Å². The number of carbonyl (C=O) groups is 1. The number of fused-ring (bicyclic) bond motifs is 2. The SMILES string of the molecule is COCCN1C[C@]2(CCN([C@@H]3CCc4cc(-c5cccc(-c6ccc[c-]c6Cl)c5Cl)nc(OC)c43)C2)NC1=O.Cc1cc2c([c-]n1)c(=O)n(C)c(=O)n2C.[Ni+2]. The van der Waals surface area contributed by atoms with Crippen LogP contribution in [-0.2, 0) is 41.7 Å². The van der Waals surface area contributed by atoms with Crippen molar-refractivity contribution in [1.29, 1.82) is 0 Å². The van der Waals surface area contributed by atoms with E-state index < -0.39 is 0 Å². The number of pyridine rings is 2. The number of aromatic nitrogens is 4. The smallest absolute Gasteiger partial charge is 0.481 e. The van der Waals surface area contributed by atoms with Crippen LogP contribution in [0.2, 0.25) is 10.0 Å². The van der Waals surface area contributed by atoms with E-state index in [1.807, 2.05) is 35.2 Å². The van der Waals surface area contributed by atoms with E-state index in [4.69, 9.17) is 37.7 Å². The predicted molar refractivity (Wildman–Crippen MR) is 208 cm³/mol. The summed E-state index contributed by atoms with van der Waals surface area (Å²) in [5.41, 5.74) is 6.04. The number of nitrogens with zero attached hydrogens (tertiary/aromatic N) is 6. The second-order valence-corrected chi connectivity index (χ2v) is 14.8. The van der Waals surface area contributed by atoms with Gasteiger partial charge in [-0.2, -0.15) is 24.3 Å². The van der Waals surface area contributed by atoms with Gasteiger partial charge in [-0.15, -0.1) is 23.2 Å². The van der Waals surface area contributed by atoms with Crippen LogP contribution in [0.5, 0.6) is 5.88 Å². The zero-order chi connectivity index (χ0) is 38.3. The third kappa shape index (κ3) is 7.65. The van der Waals surface area contributed by atoms with Gasteiger partial charge < -0.3 is 38.6 Å². The van der Waals surface area contributed by atoms with Crippen LogP contribution in [0, 0.1) is 19.2 Å². The van der Waals surface area contributed by atoms with Gasteiger partial charge in [0.05, 0.1) is 24.9 Å². The van der Waals surface area contributed by atoms with E-state index in [0.717, 1.165) is 70.6 Å². The Balaban J connectivity index is 0.000000270. The number of aryl methyl sites for hydroxylation is 3. The zero-order valence-corrected chi connectivity index (χ0v) is 33.6. The average Bonchev–Trinajstić information content (AvgIpc) is 3.88. The predicted octanol–water partition coefficient (Wildman–Crippen LogP) is 5.37. The standard InChI is InChI=1S/C30H31Cl2N4O3.C10H10N3O2.Ni/c1-38-15-14-36-18-30(34-29(36)37)12-13-35(17-30)25-11-10-19-16-24(33-28(39-2)26(19)25)22-8-5-7-21(27(22)32)20-6-3-4-9-23(20)31;1-6-4-8-7(5-11-6)9(14)13(3)10(15)12(8)2;/h3-8,16,25H,10-15,17-18H2,1-2H3,(H,34,37);4H,1-3H3;/q2*-1;+2/t25-,30-;;/m1../s1. The number of amides is 2. The number of hydrogen-bond acceptors (Lipinski definition) is 8. The van der Waals surface area contributed by atoms with E-state index in [-0.39, 0.29) is 45.4 Å². The normalized spacial score (nSPS) is 18.9. The summed E-state index contributed by atoms with van der Waals surface area (Å²) in [6, 6.07) is 18.6. The molecule has 0 radical (unpaired) electrons. The number of urea groups is 1. The topological polar surface area (TPSA) is 124 Å². The fourth-order valence-electron chi connectivity index (χ4n) is 7.88. The van der Waals surface area contributed by atoms with E-state index in [1.54, 1.807) is 40.3 Å². The Hall–Kier alpha value is -4.26. The number of methoxy groups -OCH3 is 2. The summed E-state index contributed by atoms with van der Waals surface area (Å²) in [6.45, 7) is 5.36. The number of carbonyl (C=O) groups excluding carboxylic acids is 1. The van der Waals surface area contributed by atoms with Gasteiger partial charge in [0.25, 0.3) is 0 Å². The first-order valence-electron chi connectivity index (χ1n) is 17.7. The van der Waals surface area contributed by atoms with Gasteiger partial charge in [-0.3, -0.25) is 4.90 Å². The number of nitrogens with one attached hydrogen (secondary N) is 1.